The van der Waals surface area contributed by atoms with Crippen molar-refractivity contribution in [1.29, 1.82) is 0 Å². The zero-order valence-corrected chi connectivity index (χ0v) is 16.0. The fraction of sp³-hybridized carbons (Fsp3) is 0.333. The molecular formula is C18H22N2O2S2. The number of thiocarbonyl (C=S) groups is 1. The van der Waals surface area contributed by atoms with E-state index >= 15 is 0 Å². The smallest absolute Gasteiger partial charge is 0.341 e. The first-order valence-electron chi connectivity index (χ1n) is 7.90. The van der Waals surface area contributed by atoms with E-state index in [0.717, 1.165) is 33.1 Å². The number of hydrogen-bond donors (Lipinski definition) is 2. The highest BCUT2D eigenvalue weighted by Crippen LogP contribution is 2.34. The largest absolute Gasteiger partial charge is 0.462 e. The molecule has 2 aromatic rings. The van der Waals surface area contributed by atoms with Gasteiger partial charge in [-0.2, -0.15) is 0 Å². The molecular weight excluding hydrogens is 340 g/mol. The second kappa shape index (κ2) is 8.26. The Morgan fingerprint density at radius 2 is 2.00 bits per heavy atom. The minimum Gasteiger partial charge on any atom is -0.462 e. The van der Waals surface area contributed by atoms with E-state index in [-0.39, 0.29) is 5.97 Å². The number of nitrogens with one attached hydrogen (secondary N) is 2. The molecule has 0 saturated carbocycles. The number of carbonyl (C=O) groups excluding carboxylic acids is 1. The van der Waals surface area contributed by atoms with Gasteiger partial charge in [-0.25, -0.2) is 4.79 Å². The lowest BCUT2D eigenvalue weighted by Gasteiger charge is -2.11. The van der Waals surface area contributed by atoms with E-state index in [1.54, 1.807) is 6.92 Å². The van der Waals surface area contributed by atoms with Crippen molar-refractivity contribution in [2.24, 2.45) is 0 Å². The highest BCUT2D eigenvalue weighted by atomic mass is 32.1. The van der Waals surface area contributed by atoms with Crippen molar-refractivity contribution in [1.82, 2.24) is 0 Å². The van der Waals surface area contributed by atoms with Crippen molar-refractivity contribution >= 4 is 45.3 Å². The van der Waals surface area contributed by atoms with Crippen LogP contribution in [-0.4, -0.2) is 17.7 Å². The molecule has 1 aromatic carbocycles. The van der Waals surface area contributed by atoms with Crippen LogP contribution in [-0.2, 0) is 11.2 Å². The van der Waals surface area contributed by atoms with Gasteiger partial charge in [-0.05, 0) is 62.7 Å². The molecule has 0 unspecified atom stereocenters. The van der Waals surface area contributed by atoms with Crippen LogP contribution in [0.5, 0.6) is 0 Å². The number of aryl methyl sites for hydroxylation is 2. The van der Waals surface area contributed by atoms with Gasteiger partial charge >= 0.3 is 5.97 Å². The lowest BCUT2D eigenvalue weighted by atomic mass is 10.1. The van der Waals surface area contributed by atoms with Crippen LogP contribution in [0.25, 0.3) is 0 Å². The molecule has 0 saturated heterocycles. The van der Waals surface area contributed by atoms with Crippen LogP contribution in [0.3, 0.4) is 0 Å². The summed E-state index contributed by atoms with van der Waals surface area (Å²) in [6.45, 7) is 8.22. The topological polar surface area (TPSA) is 50.4 Å². The molecule has 2 N–H and O–H groups in total. The number of hydrogen-bond acceptors (Lipinski definition) is 4. The zero-order valence-electron chi connectivity index (χ0n) is 14.4. The van der Waals surface area contributed by atoms with Crippen molar-refractivity contribution in [2.45, 2.75) is 34.1 Å². The number of benzene rings is 1. The van der Waals surface area contributed by atoms with Gasteiger partial charge in [0.05, 0.1) is 12.2 Å². The average molecular weight is 363 g/mol. The Kier molecular flexibility index (Phi) is 6.34. The first kappa shape index (κ1) is 18.4. The van der Waals surface area contributed by atoms with Gasteiger partial charge in [0.25, 0.3) is 0 Å². The van der Waals surface area contributed by atoms with Crippen LogP contribution in [0.1, 0.15) is 40.2 Å². The maximum atomic E-state index is 12.3. The summed E-state index contributed by atoms with van der Waals surface area (Å²) in [7, 11) is 0. The molecule has 0 aliphatic heterocycles. The van der Waals surface area contributed by atoms with Crippen LogP contribution >= 0.6 is 23.6 Å². The summed E-state index contributed by atoms with van der Waals surface area (Å²) < 4.78 is 5.20. The Bertz CT molecular complexity index is 753. The number of carbonyl (C=O) groups is 1. The van der Waals surface area contributed by atoms with E-state index in [0.29, 0.717) is 17.3 Å². The predicted molar refractivity (Wildman–Crippen MR) is 105 cm³/mol. The van der Waals surface area contributed by atoms with Crippen LogP contribution in [0.15, 0.2) is 24.3 Å². The fourth-order valence-corrected chi connectivity index (χ4v) is 3.92. The van der Waals surface area contributed by atoms with E-state index in [2.05, 4.69) is 10.6 Å². The molecule has 0 aliphatic carbocycles. The Morgan fingerprint density at radius 1 is 1.25 bits per heavy atom. The Labute approximate surface area is 152 Å². The molecule has 1 heterocycles. The van der Waals surface area contributed by atoms with Gasteiger partial charge in [0.2, 0.25) is 0 Å². The zero-order chi connectivity index (χ0) is 17.7. The summed E-state index contributed by atoms with van der Waals surface area (Å²) in [4.78, 5) is 13.4. The van der Waals surface area contributed by atoms with E-state index in [1.807, 2.05) is 45.0 Å². The molecule has 4 nitrogen and oxygen atoms in total. The fourth-order valence-electron chi connectivity index (χ4n) is 2.50. The van der Waals surface area contributed by atoms with Crippen LogP contribution < -0.4 is 10.6 Å². The minimum absolute atomic E-state index is 0.306. The molecule has 0 fully saturated rings. The highest BCUT2D eigenvalue weighted by Gasteiger charge is 2.22. The van der Waals surface area contributed by atoms with Gasteiger partial charge in [-0.1, -0.05) is 19.1 Å². The van der Waals surface area contributed by atoms with E-state index in [1.165, 1.54) is 11.3 Å². The Balaban J connectivity index is 2.22. The van der Waals surface area contributed by atoms with Crippen molar-refractivity contribution in [3.8, 4) is 0 Å². The van der Waals surface area contributed by atoms with E-state index in [9.17, 15) is 4.79 Å². The molecule has 0 spiro atoms. The Morgan fingerprint density at radius 3 is 2.62 bits per heavy atom. The first-order chi connectivity index (χ1) is 11.5. The molecule has 0 aliphatic rings. The number of rotatable bonds is 5. The second-order valence-corrected chi connectivity index (χ2v) is 7.00. The monoisotopic (exact) mass is 362 g/mol. The minimum atomic E-state index is -0.306. The van der Waals surface area contributed by atoms with Gasteiger partial charge in [0.1, 0.15) is 5.00 Å². The summed E-state index contributed by atoms with van der Waals surface area (Å²) in [6.07, 6.45) is 0.774. The molecule has 0 atom stereocenters. The van der Waals surface area contributed by atoms with Crippen molar-refractivity contribution < 1.29 is 9.53 Å². The number of esters is 1. The van der Waals surface area contributed by atoms with E-state index in [4.69, 9.17) is 17.0 Å². The summed E-state index contributed by atoms with van der Waals surface area (Å²) in [5, 5.41) is 7.49. The van der Waals surface area contributed by atoms with E-state index < -0.39 is 0 Å². The number of ether oxygens (including phenoxy) is 1. The molecule has 24 heavy (non-hydrogen) atoms. The third kappa shape index (κ3) is 4.33. The summed E-state index contributed by atoms with van der Waals surface area (Å²) in [5.74, 6) is -0.306. The van der Waals surface area contributed by atoms with Gasteiger partial charge in [-0.15, -0.1) is 11.3 Å². The molecule has 2 rings (SSSR count). The molecule has 0 radical (unpaired) electrons. The maximum absolute atomic E-state index is 12.3. The lowest BCUT2D eigenvalue weighted by Crippen LogP contribution is -2.20. The molecule has 1 aromatic heterocycles. The summed E-state index contributed by atoms with van der Waals surface area (Å²) >= 11 is 6.92. The van der Waals surface area contributed by atoms with Gasteiger partial charge < -0.3 is 15.4 Å². The predicted octanol–water partition coefficient (Wildman–Crippen LogP) is 4.91. The second-order valence-electron chi connectivity index (χ2n) is 5.36. The van der Waals surface area contributed by atoms with Crippen molar-refractivity contribution in [2.75, 3.05) is 17.2 Å². The standard InChI is InChI=1S/C18H22N2O2S2/c1-5-14-12(4)24-16(15(14)17(21)22-6-2)20-18(23)19-13-9-7-8-11(3)10-13/h7-10H,5-6H2,1-4H3,(H2,19,20,23). The number of anilines is 2. The maximum Gasteiger partial charge on any atom is 0.341 e. The normalized spacial score (nSPS) is 10.3. The van der Waals surface area contributed by atoms with Crippen molar-refractivity contribution in [3.63, 3.8) is 0 Å². The highest BCUT2D eigenvalue weighted by molar-refractivity contribution is 7.80. The molecule has 0 bridgehead atoms. The van der Waals surface area contributed by atoms with Gasteiger partial charge in [-0.3, -0.25) is 0 Å². The molecule has 128 valence electrons. The summed E-state index contributed by atoms with van der Waals surface area (Å²) in [6, 6.07) is 7.95. The first-order valence-corrected chi connectivity index (χ1v) is 9.12. The lowest BCUT2D eigenvalue weighted by molar-refractivity contribution is 0.0527. The van der Waals surface area contributed by atoms with Crippen molar-refractivity contribution in [3.05, 3.63) is 45.8 Å². The van der Waals surface area contributed by atoms with Crippen LogP contribution in [0.4, 0.5) is 10.7 Å². The Hall–Kier alpha value is -1.92. The summed E-state index contributed by atoms with van der Waals surface area (Å²) in [5.41, 5.74) is 3.67. The third-order valence-electron chi connectivity index (χ3n) is 3.55. The molecule has 0 amide bonds. The van der Waals surface area contributed by atoms with Gasteiger partial charge in [0.15, 0.2) is 5.11 Å². The SMILES string of the molecule is CCOC(=O)c1c(NC(=S)Nc2cccc(C)c2)sc(C)c1CC. The molecule has 6 heteroatoms. The van der Waals surface area contributed by atoms with Gasteiger partial charge in [0, 0.05) is 10.6 Å². The quantitative estimate of drug-likeness (QED) is 0.584. The third-order valence-corrected chi connectivity index (χ3v) is 4.81. The number of thiophene rings is 1. The van der Waals surface area contributed by atoms with Crippen LogP contribution in [0, 0.1) is 13.8 Å². The average Bonchev–Trinajstić information content (AvgIpc) is 2.82. The van der Waals surface area contributed by atoms with Crippen LogP contribution in [0.2, 0.25) is 0 Å².